The van der Waals surface area contributed by atoms with Crippen LogP contribution in [0, 0.1) is 12.7 Å². The second-order valence-corrected chi connectivity index (χ2v) is 6.89. The standard InChI is InChI=1S/C11H8ClFN2O4S2/c1-5-4-20-11(14-5)15-21(18,19)6-2-7(10(16)17)9(12)8(13)3-6/h2-4H,1H3,(H,14,15)(H,16,17). The quantitative estimate of drug-likeness (QED) is 0.883. The highest BCUT2D eigenvalue weighted by atomic mass is 35.5. The van der Waals surface area contributed by atoms with Gasteiger partial charge < -0.3 is 5.11 Å². The summed E-state index contributed by atoms with van der Waals surface area (Å²) in [5.41, 5.74) is -0.0152. The molecular formula is C11H8ClFN2O4S2. The van der Waals surface area contributed by atoms with Gasteiger partial charge in [-0.25, -0.2) is 22.6 Å². The lowest BCUT2D eigenvalue weighted by Gasteiger charge is -2.08. The number of aryl methyl sites for hydroxylation is 1. The second kappa shape index (κ2) is 5.58. The zero-order valence-electron chi connectivity index (χ0n) is 10.4. The maximum absolute atomic E-state index is 13.6. The monoisotopic (exact) mass is 350 g/mol. The molecule has 0 amide bonds. The number of aromatic carboxylic acids is 1. The summed E-state index contributed by atoms with van der Waals surface area (Å²) in [4.78, 5) is 14.3. The molecule has 1 aromatic carbocycles. The average Bonchev–Trinajstić information content (AvgIpc) is 2.76. The molecule has 112 valence electrons. The molecule has 0 spiro atoms. The van der Waals surface area contributed by atoms with Crippen molar-refractivity contribution in [1.29, 1.82) is 0 Å². The molecule has 2 N–H and O–H groups in total. The summed E-state index contributed by atoms with van der Waals surface area (Å²) in [7, 11) is -4.16. The number of rotatable bonds is 4. The lowest BCUT2D eigenvalue weighted by molar-refractivity contribution is 0.0696. The van der Waals surface area contributed by atoms with Gasteiger partial charge in [-0.2, -0.15) is 0 Å². The first kappa shape index (κ1) is 15.7. The number of halogens is 2. The molecule has 2 aromatic rings. The van der Waals surface area contributed by atoms with E-state index in [1.165, 1.54) is 0 Å². The molecule has 0 aliphatic carbocycles. The Kier molecular flexibility index (Phi) is 4.17. The molecule has 0 aliphatic rings. The van der Waals surface area contributed by atoms with Gasteiger partial charge in [0.1, 0.15) is 5.82 Å². The summed E-state index contributed by atoms with van der Waals surface area (Å²) >= 11 is 6.54. The Morgan fingerprint density at radius 1 is 1.48 bits per heavy atom. The molecule has 0 saturated carbocycles. The number of carbonyl (C=O) groups is 1. The van der Waals surface area contributed by atoms with E-state index in [9.17, 15) is 17.6 Å². The summed E-state index contributed by atoms with van der Waals surface area (Å²) in [6.07, 6.45) is 0. The molecule has 0 aliphatic heterocycles. The Hall–Kier alpha value is -1.71. The van der Waals surface area contributed by atoms with Gasteiger partial charge in [-0.15, -0.1) is 11.3 Å². The van der Waals surface area contributed by atoms with Gasteiger partial charge in [-0.1, -0.05) is 11.6 Å². The highest BCUT2D eigenvalue weighted by Gasteiger charge is 2.22. The smallest absolute Gasteiger partial charge is 0.337 e. The fourth-order valence-electron chi connectivity index (χ4n) is 1.45. The van der Waals surface area contributed by atoms with Crippen LogP contribution < -0.4 is 4.72 Å². The minimum absolute atomic E-state index is 0.0970. The summed E-state index contributed by atoms with van der Waals surface area (Å²) < 4.78 is 39.9. The highest BCUT2D eigenvalue weighted by Crippen LogP contribution is 2.26. The maximum Gasteiger partial charge on any atom is 0.337 e. The first-order chi connectivity index (χ1) is 9.70. The van der Waals surface area contributed by atoms with Crippen molar-refractivity contribution < 1.29 is 22.7 Å². The normalized spacial score (nSPS) is 11.4. The van der Waals surface area contributed by atoms with Crippen molar-refractivity contribution in [3.8, 4) is 0 Å². The molecule has 0 radical (unpaired) electrons. The van der Waals surface area contributed by atoms with Gasteiger partial charge in [-0.05, 0) is 19.1 Å². The number of aromatic nitrogens is 1. The number of benzene rings is 1. The number of carboxylic acids is 1. The Morgan fingerprint density at radius 3 is 2.67 bits per heavy atom. The molecule has 10 heteroatoms. The van der Waals surface area contributed by atoms with Crippen LogP contribution in [0.1, 0.15) is 16.1 Å². The van der Waals surface area contributed by atoms with E-state index >= 15 is 0 Å². The molecule has 0 bridgehead atoms. The van der Waals surface area contributed by atoms with Gasteiger partial charge in [0.2, 0.25) is 0 Å². The molecule has 0 saturated heterocycles. The van der Waals surface area contributed by atoms with E-state index in [2.05, 4.69) is 9.71 Å². The van der Waals surface area contributed by atoms with Gasteiger partial charge in [0.05, 0.1) is 21.2 Å². The van der Waals surface area contributed by atoms with Gasteiger partial charge >= 0.3 is 5.97 Å². The molecule has 21 heavy (non-hydrogen) atoms. The van der Waals surface area contributed by atoms with Crippen LogP contribution in [0.3, 0.4) is 0 Å². The highest BCUT2D eigenvalue weighted by molar-refractivity contribution is 7.93. The Balaban J connectivity index is 2.47. The van der Waals surface area contributed by atoms with Crippen LogP contribution in [0.15, 0.2) is 22.4 Å². The summed E-state index contributed by atoms with van der Waals surface area (Å²) in [5, 5.41) is 9.97. The van der Waals surface area contributed by atoms with Crippen molar-refractivity contribution in [1.82, 2.24) is 4.98 Å². The van der Waals surface area contributed by atoms with Gasteiger partial charge in [0.25, 0.3) is 10.0 Å². The summed E-state index contributed by atoms with van der Waals surface area (Å²) in [6, 6.07) is 1.44. The number of hydrogen-bond donors (Lipinski definition) is 2. The van der Waals surface area contributed by atoms with E-state index in [1.807, 2.05) is 0 Å². The van der Waals surface area contributed by atoms with E-state index in [4.69, 9.17) is 16.7 Å². The van der Waals surface area contributed by atoms with Crippen molar-refractivity contribution in [2.24, 2.45) is 0 Å². The van der Waals surface area contributed by atoms with Crippen LogP contribution in [0.2, 0.25) is 5.02 Å². The van der Waals surface area contributed by atoms with Crippen LogP contribution >= 0.6 is 22.9 Å². The first-order valence-electron chi connectivity index (χ1n) is 5.38. The van der Waals surface area contributed by atoms with E-state index in [0.717, 1.165) is 17.4 Å². The third-order valence-electron chi connectivity index (χ3n) is 2.38. The predicted octanol–water partition coefficient (Wildman–Crippen LogP) is 2.74. The molecular weight excluding hydrogens is 343 g/mol. The molecule has 0 unspecified atom stereocenters. The first-order valence-corrected chi connectivity index (χ1v) is 8.12. The average molecular weight is 351 g/mol. The molecule has 2 rings (SSSR count). The molecule has 0 atom stereocenters. The summed E-state index contributed by atoms with van der Waals surface area (Å²) in [6.45, 7) is 1.68. The van der Waals surface area contributed by atoms with Crippen LogP contribution in [-0.2, 0) is 10.0 Å². The van der Waals surface area contributed by atoms with Gasteiger partial charge in [0, 0.05) is 5.38 Å². The number of carboxylic acid groups (broad SMARTS) is 1. The van der Waals surface area contributed by atoms with E-state index in [0.29, 0.717) is 11.8 Å². The third-order valence-corrected chi connectivity index (χ3v) is 5.09. The van der Waals surface area contributed by atoms with E-state index < -0.39 is 37.3 Å². The number of sulfonamides is 1. The van der Waals surface area contributed by atoms with Crippen molar-refractivity contribution >= 4 is 44.1 Å². The Bertz CT molecular complexity index is 820. The van der Waals surface area contributed by atoms with Gasteiger partial charge in [0.15, 0.2) is 5.13 Å². The minimum Gasteiger partial charge on any atom is -0.478 e. The van der Waals surface area contributed by atoms with Crippen molar-refractivity contribution in [2.75, 3.05) is 4.72 Å². The number of thiazole rings is 1. The van der Waals surface area contributed by atoms with Crippen LogP contribution in [0.5, 0.6) is 0 Å². The zero-order valence-corrected chi connectivity index (χ0v) is 12.8. The fourth-order valence-corrected chi connectivity index (χ4v) is 3.62. The number of nitrogens with one attached hydrogen (secondary N) is 1. The topological polar surface area (TPSA) is 96.4 Å². The summed E-state index contributed by atoms with van der Waals surface area (Å²) in [5.74, 6) is -2.66. The molecule has 1 aromatic heterocycles. The molecule has 0 fully saturated rings. The number of nitrogens with zero attached hydrogens (tertiary/aromatic N) is 1. The molecule has 1 heterocycles. The SMILES string of the molecule is Cc1csc(NS(=O)(=O)c2cc(F)c(Cl)c(C(=O)O)c2)n1. The van der Waals surface area contributed by atoms with E-state index in [-0.39, 0.29) is 5.13 Å². The third kappa shape index (κ3) is 3.31. The maximum atomic E-state index is 13.6. The second-order valence-electron chi connectivity index (χ2n) is 3.97. The van der Waals surface area contributed by atoms with Crippen molar-refractivity contribution in [3.05, 3.63) is 39.6 Å². The largest absolute Gasteiger partial charge is 0.478 e. The minimum atomic E-state index is -4.16. The Labute approximate surface area is 128 Å². The lowest BCUT2D eigenvalue weighted by Crippen LogP contribution is -2.14. The van der Waals surface area contributed by atoms with Crippen LogP contribution in [-0.4, -0.2) is 24.5 Å². The lowest BCUT2D eigenvalue weighted by atomic mass is 10.2. The van der Waals surface area contributed by atoms with Crippen LogP contribution in [0.25, 0.3) is 0 Å². The number of anilines is 1. The van der Waals surface area contributed by atoms with Crippen molar-refractivity contribution in [3.63, 3.8) is 0 Å². The number of hydrogen-bond acceptors (Lipinski definition) is 5. The van der Waals surface area contributed by atoms with Crippen LogP contribution in [0.4, 0.5) is 9.52 Å². The zero-order chi connectivity index (χ0) is 15.8. The van der Waals surface area contributed by atoms with Crippen molar-refractivity contribution in [2.45, 2.75) is 11.8 Å². The fraction of sp³-hybridized carbons (Fsp3) is 0.0909. The predicted molar refractivity (Wildman–Crippen MR) is 76.0 cm³/mol. The van der Waals surface area contributed by atoms with Gasteiger partial charge in [-0.3, -0.25) is 4.72 Å². The van der Waals surface area contributed by atoms with E-state index in [1.54, 1.807) is 12.3 Å². The molecule has 6 nitrogen and oxygen atoms in total. The Morgan fingerprint density at radius 2 is 2.14 bits per heavy atom.